The zero-order valence-corrected chi connectivity index (χ0v) is 19.0. The van der Waals surface area contributed by atoms with Gasteiger partial charge in [-0.25, -0.2) is 0 Å². The van der Waals surface area contributed by atoms with E-state index in [1.807, 2.05) is 18.2 Å². The molecule has 7 heteroatoms. The minimum Gasteiger partial charge on any atom is -0.495 e. The van der Waals surface area contributed by atoms with Crippen LogP contribution in [0.1, 0.15) is 41.7 Å². The first-order chi connectivity index (χ1) is 15.2. The number of amides is 1. The summed E-state index contributed by atoms with van der Waals surface area (Å²) >= 11 is 1.60. The van der Waals surface area contributed by atoms with Crippen molar-refractivity contribution in [2.24, 2.45) is 0 Å². The second-order valence-corrected chi connectivity index (χ2v) is 9.28. The fourth-order valence-corrected chi connectivity index (χ4v) is 5.76. The molecule has 0 atom stereocenters. The molecule has 2 heterocycles. The van der Waals surface area contributed by atoms with E-state index in [4.69, 9.17) is 4.74 Å². The molecule has 164 valence electrons. The van der Waals surface area contributed by atoms with Crippen molar-refractivity contribution in [1.82, 2.24) is 4.90 Å². The Bertz CT molecular complexity index is 957. The fourth-order valence-electron chi connectivity index (χ4n) is 4.50. The summed E-state index contributed by atoms with van der Waals surface area (Å²) in [6, 6.07) is 10.5. The summed E-state index contributed by atoms with van der Waals surface area (Å²) in [4.78, 5) is 18.6. The number of para-hydroxylation sites is 2. The van der Waals surface area contributed by atoms with E-state index in [2.05, 4.69) is 27.3 Å². The summed E-state index contributed by atoms with van der Waals surface area (Å²) in [5, 5.41) is 13.4. The van der Waals surface area contributed by atoms with Crippen LogP contribution in [0.15, 0.2) is 24.3 Å². The highest BCUT2D eigenvalue weighted by Crippen LogP contribution is 2.37. The van der Waals surface area contributed by atoms with Crippen LogP contribution in [0.25, 0.3) is 0 Å². The van der Waals surface area contributed by atoms with E-state index in [0.717, 1.165) is 68.4 Å². The van der Waals surface area contributed by atoms with Crippen LogP contribution in [0, 0.1) is 11.3 Å². The molecule has 0 unspecified atom stereocenters. The molecule has 2 aliphatic rings. The standard InChI is InChI=1S/C24H30N4O2S/c1-30-21-9-6-5-8-20(21)28-15-13-27(14-16-28)12-11-23(29)26-24-19(17-25)18-7-3-2-4-10-22(18)31-24/h5-6,8-9H,2-4,7,10-16H2,1H3,(H,26,29). The number of hydrogen-bond donors (Lipinski definition) is 1. The van der Waals surface area contributed by atoms with E-state index in [-0.39, 0.29) is 5.91 Å². The highest BCUT2D eigenvalue weighted by molar-refractivity contribution is 7.16. The van der Waals surface area contributed by atoms with Crippen LogP contribution in [0.2, 0.25) is 0 Å². The third-order valence-corrected chi connectivity index (χ3v) is 7.45. The van der Waals surface area contributed by atoms with E-state index in [9.17, 15) is 10.1 Å². The molecule has 0 radical (unpaired) electrons. The van der Waals surface area contributed by atoms with Gasteiger partial charge in [0, 0.05) is 44.0 Å². The number of rotatable bonds is 6. The highest BCUT2D eigenvalue weighted by Gasteiger charge is 2.22. The number of nitriles is 1. The lowest BCUT2D eigenvalue weighted by Crippen LogP contribution is -2.47. The third kappa shape index (κ3) is 5.03. The van der Waals surface area contributed by atoms with E-state index in [1.54, 1.807) is 18.4 Å². The van der Waals surface area contributed by atoms with Crippen molar-refractivity contribution in [1.29, 1.82) is 5.26 Å². The number of fused-ring (bicyclic) bond motifs is 1. The quantitative estimate of drug-likeness (QED) is 0.689. The monoisotopic (exact) mass is 438 g/mol. The van der Waals surface area contributed by atoms with Gasteiger partial charge in [0.1, 0.15) is 16.8 Å². The Morgan fingerprint density at radius 1 is 1.16 bits per heavy atom. The molecule has 1 fully saturated rings. The maximum Gasteiger partial charge on any atom is 0.226 e. The van der Waals surface area contributed by atoms with Crippen LogP contribution in [0.3, 0.4) is 0 Å². The smallest absolute Gasteiger partial charge is 0.226 e. The van der Waals surface area contributed by atoms with Gasteiger partial charge >= 0.3 is 0 Å². The lowest BCUT2D eigenvalue weighted by Gasteiger charge is -2.36. The van der Waals surface area contributed by atoms with Crippen molar-refractivity contribution in [3.8, 4) is 11.8 Å². The second kappa shape index (κ2) is 10.2. The molecular formula is C24H30N4O2S. The molecule has 1 aromatic carbocycles. The van der Waals surface area contributed by atoms with E-state index in [1.165, 1.54) is 23.3 Å². The van der Waals surface area contributed by atoms with Gasteiger partial charge in [0.15, 0.2) is 0 Å². The fraction of sp³-hybridized carbons (Fsp3) is 0.500. The van der Waals surface area contributed by atoms with Crippen LogP contribution in [-0.4, -0.2) is 50.6 Å². The predicted octanol–water partition coefficient (Wildman–Crippen LogP) is 4.05. The van der Waals surface area contributed by atoms with Crippen molar-refractivity contribution >= 4 is 27.9 Å². The minimum absolute atomic E-state index is 0.0000626. The molecule has 1 saturated heterocycles. The SMILES string of the molecule is COc1ccccc1N1CCN(CCC(=O)Nc2sc3c(c2C#N)CCCCC3)CC1. The average molecular weight is 439 g/mol. The Kier molecular flexibility index (Phi) is 7.10. The number of nitrogens with one attached hydrogen (secondary N) is 1. The summed E-state index contributed by atoms with van der Waals surface area (Å²) in [6.07, 6.45) is 5.96. The first-order valence-electron chi connectivity index (χ1n) is 11.1. The van der Waals surface area contributed by atoms with Gasteiger partial charge in [-0.15, -0.1) is 11.3 Å². The Morgan fingerprint density at radius 2 is 1.94 bits per heavy atom. The lowest BCUT2D eigenvalue weighted by atomic mass is 10.1. The topological polar surface area (TPSA) is 68.6 Å². The number of aryl methyl sites for hydroxylation is 1. The molecule has 2 aromatic rings. The number of methoxy groups -OCH3 is 1. The summed E-state index contributed by atoms with van der Waals surface area (Å²) in [7, 11) is 1.71. The molecule has 0 saturated carbocycles. The zero-order chi connectivity index (χ0) is 21.6. The first-order valence-corrected chi connectivity index (χ1v) is 12.0. The summed E-state index contributed by atoms with van der Waals surface area (Å²) in [5.74, 6) is 0.901. The van der Waals surface area contributed by atoms with Gasteiger partial charge in [0.05, 0.1) is 18.4 Å². The lowest BCUT2D eigenvalue weighted by molar-refractivity contribution is -0.116. The number of carbonyl (C=O) groups is 1. The Hall–Kier alpha value is -2.56. The van der Waals surface area contributed by atoms with Crippen molar-refractivity contribution in [3.05, 3.63) is 40.3 Å². The molecule has 1 amide bonds. The highest BCUT2D eigenvalue weighted by atomic mass is 32.1. The largest absolute Gasteiger partial charge is 0.495 e. The van der Waals surface area contributed by atoms with Crippen molar-refractivity contribution in [3.63, 3.8) is 0 Å². The molecule has 31 heavy (non-hydrogen) atoms. The van der Waals surface area contributed by atoms with Crippen molar-refractivity contribution < 1.29 is 9.53 Å². The molecule has 1 aromatic heterocycles. The van der Waals surface area contributed by atoms with Crippen LogP contribution in [0.5, 0.6) is 5.75 Å². The Balaban J connectivity index is 1.28. The van der Waals surface area contributed by atoms with Crippen LogP contribution in [-0.2, 0) is 17.6 Å². The molecule has 4 rings (SSSR count). The van der Waals surface area contributed by atoms with Crippen molar-refractivity contribution in [2.45, 2.75) is 38.5 Å². The summed E-state index contributed by atoms with van der Waals surface area (Å²) < 4.78 is 5.49. The number of benzene rings is 1. The number of hydrogen-bond acceptors (Lipinski definition) is 6. The maximum absolute atomic E-state index is 12.6. The Morgan fingerprint density at radius 3 is 2.71 bits per heavy atom. The second-order valence-electron chi connectivity index (χ2n) is 8.18. The molecule has 1 aliphatic carbocycles. The number of nitrogens with zero attached hydrogens (tertiary/aromatic N) is 3. The van der Waals surface area contributed by atoms with Gasteiger partial charge < -0.3 is 15.0 Å². The first kappa shape index (κ1) is 21.7. The van der Waals surface area contributed by atoms with Gasteiger partial charge in [0.2, 0.25) is 5.91 Å². The van der Waals surface area contributed by atoms with Crippen LogP contribution >= 0.6 is 11.3 Å². The number of ether oxygens (including phenoxy) is 1. The minimum atomic E-state index is 0.0000626. The van der Waals surface area contributed by atoms with E-state index in [0.29, 0.717) is 12.0 Å². The third-order valence-electron chi connectivity index (χ3n) is 6.24. The molecular weight excluding hydrogens is 408 g/mol. The number of carbonyl (C=O) groups excluding carboxylic acids is 1. The van der Waals surface area contributed by atoms with Crippen molar-refractivity contribution in [2.75, 3.05) is 50.1 Å². The Labute approximate surface area is 188 Å². The normalized spacial score (nSPS) is 16.8. The molecule has 1 N–H and O–H groups in total. The predicted molar refractivity (Wildman–Crippen MR) is 125 cm³/mol. The molecule has 0 bridgehead atoms. The van der Waals surface area contributed by atoms with Gasteiger partial charge in [-0.2, -0.15) is 5.26 Å². The molecule has 1 aliphatic heterocycles. The summed E-state index contributed by atoms with van der Waals surface area (Å²) in [5.41, 5.74) is 3.00. The van der Waals surface area contributed by atoms with Gasteiger partial charge in [0.25, 0.3) is 0 Å². The maximum atomic E-state index is 12.6. The van der Waals surface area contributed by atoms with Crippen LogP contribution < -0.4 is 15.0 Å². The van der Waals surface area contributed by atoms with E-state index >= 15 is 0 Å². The van der Waals surface area contributed by atoms with Gasteiger partial charge in [-0.05, 0) is 43.4 Å². The van der Waals surface area contributed by atoms with Crippen LogP contribution in [0.4, 0.5) is 10.7 Å². The molecule has 0 spiro atoms. The van der Waals surface area contributed by atoms with Gasteiger partial charge in [-0.3, -0.25) is 9.69 Å². The average Bonchev–Trinajstić information content (AvgIpc) is 2.96. The zero-order valence-electron chi connectivity index (χ0n) is 18.2. The number of thiophene rings is 1. The number of piperazine rings is 1. The van der Waals surface area contributed by atoms with Gasteiger partial charge in [-0.1, -0.05) is 18.6 Å². The van der Waals surface area contributed by atoms with E-state index < -0.39 is 0 Å². The number of anilines is 2. The summed E-state index contributed by atoms with van der Waals surface area (Å²) in [6.45, 7) is 4.40. The molecule has 6 nitrogen and oxygen atoms in total.